The van der Waals surface area contributed by atoms with E-state index in [0.29, 0.717) is 23.9 Å². The molecule has 0 aromatic carbocycles. The number of hydrogen-bond donors (Lipinski definition) is 2. The van der Waals surface area contributed by atoms with Crippen LogP contribution >= 0.6 is 7.82 Å². The van der Waals surface area contributed by atoms with Crippen LogP contribution < -0.4 is 5.32 Å². The highest BCUT2D eigenvalue weighted by Crippen LogP contribution is 2.43. The highest BCUT2D eigenvalue weighted by molar-refractivity contribution is 7.47. The van der Waals surface area contributed by atoms with Crippen molar-refractivity contribution in [1.29, 1.82) is 0 Å². The van der Waals surface area contributed by atoms with Gasteiger partial charge in [0.1, 0.15) is 19.3 Å². The van der Waals surface area contributed by atoms with Crippen LogP contribution in [0.1, 0.15) is 323 Å². The van der Waals surface area contributed by atoms with Crippen molar-refractivity contribution in [3.63, 3.8) is 0 Å². The average Bonchev–Trinajstić information content (AvgIpc) is 3.40. The zero-order valence-electron chi connectivity index (χ0n) is 52.4. The molecule has 2 N–H and O–H groups in total. The van der Waals surface area contributed by atoms with E-state index in [4.69, 9.17) is 13.8 Å². The van der Waals surface area contributed by atoms with Gasteiger partial charge in [0.2, 0.25) is 5.91 Å². The lowest BCUT2D eigenvalue weighted by atomic mass is 10.0. The van der Waals surface area contributed by atoms with E-state index in [9.17, 15) is 19.0 Å². The molecular formula is C68H130N2O7P+. The summed E-state index contributed by atoms with van der Waals surface area (Å²) in [6, 6.07) is -0.844. The van der Waals surface area contributed by atoms with Gasteiger partial charge in [0.25, 0.3) is 0 Å². The van der Waals surface area contributed by atoms with Crippen molar-refractivity contribution in [3.8, 4) is 0 Å². The monoisotopic (exact) mass is 1120 g/mol. The van der Waals surface area contributed by atoms with E-state index >= 15 is 0 Å². The molecule has 0 fully saturated rings. The Balaban J connectivity index is 4.98. The number of esters is 1. The Labute approximate surface area is 484 Å². The third kappa shape index (κ3) is 58.6. The van der Waals surface area contributed by atoms with Crippen LogP contribution in [-0.2, 0) is 27.9 Å². The van der Waals surface area contributed by atoms with Crippen molar-refractivity contribution in [2.75, 3.05) is 40.9 Å². The van der Waals surface area contributed by atoms with E-state index in [1.54, 1.807) is 0 Å². The molecule has 0 aromatic rings. The number of unbranched alkanes of at least 4 members (excludes halogenated alkanes) is 39. The molecule has 3 atom stereocenters. The number of quaternary nitrogens is 1. The van der Waals surface area contributed by atoms with Crippen molar-refractivity contribution in [3.05, 3.63) is 48.6 Å². The molecule has 0 rings (SSSR count). The number of allylic oxidation sites excluding steroid dienone is 7. The second-order valence-corrected chi connectivity index (χ2v) is 25.5. The third-order valence-corrected chi connectivity index (χ3v) is 16.0. The molecule has 78 heavy (non-hydrogen) atoms. The highest BCUT2D eigenvalue weighted by Gasteiger charge is 2.30. The van der Waals surface area contributed by atoms with Crippen LogP contribution in [-0.4, -0.2) is 74.3 Å². The van der Waals surface area contributed by atoms with Crippen LogP contribution in [0.3, 0.4) is 0 Å². The molecule has 0 bridgehead atoms. The second-order valence-electron chi connectivity index (χ2n) is 24.0. The molecule has 9 nitrogen and oxygen atoms in total. The zero-order chi connectivity index (χ0) is 57.2. The molecule has 0 aliphatic heterocycles. The fraction of sp³-hybridized carbons (Fsp3) is 0.853. The van der Waals surface area contributed by atoms with Gasteiger partial charge in [0.15, 0.2) is 0 Å². The molecule has 0 aliphatic carbocycles. The van der Waals surface area contributed by atoms with Crippen molar-refractivity contribution < 1.29 is 37.3 Å². The summed E-state index contributed by atoms with van der Waals surface area (Å²) in [5.41, 5.74) is 0. The van der Waals surface area contributed by atoms with Crippen LogP contribution in [0.4, 0.5) is 0 Å². The summed E-state index contributed by atoms with van der Waals surface area (Å²) in [5, 5.41) is 3.06. The Morgan fingerprint density at radius 1 is 0.449 bits per heavy atom. The molecule has 458 valence electrons. The summed E-state index contributed by atoms with van der Waals surface area (Å²) in [5.74, 6) is -0.493. The number of phosphoric acid groups is 1. The van der Waals surface area contributed by atoms with Crippen LogP contribution in [0.25, 0.3) is 0 Å². The minimum atomic E-state index is -4.44. The number of carbonyl (C=O) groups excluding carboxylic acids is 2. The Hall–Kier alpha value is -2.03. The summed E-state index contributed by atoms with van der Waals surface area (Å²) >= 11 is 0. The predicted octanol–water partition coefficient (Wildman–Crippen LogP) is 20.8. The number of nitrogens with one attached hydrogen (secondary N) is 1. The number of amides is 1. The molecule has 0 aliphatic rings. The molecule has 10 heteroatoms. The quantitative estimate of drug-likeness (QED) is 0.0205. The normalized spacial score (nSPS) is 13.9. The van der Waals surface area contributed by atoms with E-state index in [1.807, 2.05) is 33.3 Å². The van der Waals surface area contributed by atoms with Gasteiger partial charge in [-0.15, -0.1) is 0 Å². The van der Waals surface area contributed by atoms with Crippen molar-refractivity contribution in [2.24, 2.45) is 0 Å². The van der Waals surface area contributed by atoms with Gasteiger partial charge in [-0.1, -0.05) is 288 Å². The molecule has 3 unspecified atom stereocenters. The highest BCUT2D eigenvalue weighted by atomic mass is 31.2. The number of rotatable bonds is 61. The Morgan fingerprint density at radius 2 is 0.782 bits per heavy atom. The maximum atomic E-state index is 13.5. The number of nitrogens with zero attached hydrogens (tertiary/aromatic N) is 1. The lowest BCUT2D eigenvalue weighted by molar-refractivity contribution is -0.870. The maximum absolute atomic E-state index is 13.5. The minimum Gasteiger partial charge on any atom is -0.456 e. The third-order valence-electron chi connectivity index (χ3n) is 15.0. The van der Waals surface area contributed by atoms with Gasteiger partial charge < -0.3 is 19.4 Å². The lowest BCUT2D eigenvalue weighted by Crippen LogP contribution is -2.47. The van der Waals surface area contributed by atoms with Crippen molar-refractivity contribution in [2.45, 2.75) is 335 Å². The van der Waals surface area contributed by atoms with E-state index in [2.05, 4.69) is 62.5 Å². The molecule has 0 aromatic heterocycles. The number of ether oxygens (including phenoxy) is 1. The smallest absolute Gasteiger partial charge is 0.456 e. The molecule has 0 heterocycles. The van der Waals surface area contributed by atoms with Gasteiger partial charge in [0.05, 0.1) is 33.8 Å². The Morgan fingerprint density at radius 3 is 1.19 bits per heavy atom. The zero-order valence-corrected chi connectivity index (χ0v) is 53.3. The summed E-state index contributed by atoms with van der Waals surface area (Å²) in [6.07, 6.45) is 72.6. The standard InChI is InChI=1S/C68H129N2O7P/c1-7-10-13-16-19-22-25-27-29-30-31-32-33-34-35-36-37-38-39-40-41-43-46-49-52-55-58-61-68(72)77-66(59-56-53-50-47-44-24-21-18-15-12-9-3)65(64-76-78(73,74)75-63-62-70(4,5)6)69-67(71)60-57-54-51-48-45-42-28-26-23-20-17-14-11-8-2/h19,22,27,29,31-32,56,59,65-66H,7-18,20-21,23-26,28,30,33-55,57-58,60-64H2,1-6H3,(H-,69,71,73,74)/p+1/b22-19-,29-27-,32-31-,59-56-. The molecule has 0 radical (unpaired) electrons. The van der Waals surface area contributed by atoms with E-state index < -0.39 is 20.0 Å². The van der Waals surface area contributed by atoms with Crippen LogP contribution in [0, 0.1) is 0 Å². The van der Waals surface area contributed by atoms with Gasteiger partial charge in [0, 0.05) is 12.8 Å². The van der Waals surface area contributed by atoms with Gasteiger partial charge in [-0.2, -0.15) is 0 Å². The predicted molar refractivity (Wildman–Crippen MR) is 337 cm³/mol. The summed E-state index contributed by atoms with van der Waals surface area (Å²) in [4.78, 5) is 37.7. The number of carbonyl (C=O) groups is 2. The maximum Gasteiger partial charge on any atom is 0.472 e. The number of hydrogen-bond acceptors (Lipinski definition) is 6. The van der Waals surface area contributed by atoms with Crippen LogP contribution in [0.2, 0.25) is 0 Å². The van der Waals surface area contributed by atoms with Gasteiger partial charge in [-0.25, -0.2) is 4.57 Å². The van der Waals surface area contributed by atoms with E-state index in [-0.39, 0.29) is 25.1 Å². The number of phosphoric ester groups is 1. The first-order chi connectivity index (χ1) is 37.9. The van der Waals surface area contributed by atoms with Crippen molar-refractivity contribution >= 4 is 19.7 Å². The Bertz CT molecular complexity index is 1470. The lowest BCUT2D eigenvalue weighted by Gasteiger charge is -2.27. The van der Waals surface area contributed by atoms with E-state index in [1.165, 1.54) is 218 Å². The van der Waals surface area contributed by atoms with Gasteiger partial charge >= 0.3 is 13.8 Å². The molecule has 0 spiro atoms. The van der Waals surface area contributed by atoms with E-state index in [0.717, 1.165) is 70.6 Å². The van der Waals surface area contributed by atoms with Crippen molar-refractivity contribution in [1.82, 2.24) is 5.32 Å². The SMILES string of the molecule is CCCCC/C=C\C/C=C\C/C=C\CCCCCCCCCCCCCCCCC(=O)OC(/C=C\CCCCCCCCCCC)C(COP(=O)(O)OCC[N+](C)(C)C)NC(=O)CCCCCCCCCCCCCCCC. The summed E-state index contributed by atoms with van der Waals surface area (Å²) < 4.78 is 30.7. The summed E-state index contributed by atoms with van der Waals surface area (Å²) in [6.45, 7) is 7.01. The molecular weight excluding hydrogens is 988 g/mol. The Kier molecular flexibility index (Phi) is 56.7. The first kappa shape index (κ1) is 76.0. The topological polar surface area (TPSA) is 111 Å². The molecule has 0 saturated carbocycles. The minimum absolute atomic E-state index is 0.0422. The first-order valence-corrected chi connectivity index (χ1v) is 35.0. The fourth-order valence-electron chi connectivity index (χ4n) is 9.83. The van der Waals surface area contributed by atoms with Gasteiger partial charge in [-0.05, 0) is 70.3 Å². The largest absolute Gasteiger partial charge is 0.472 e. The van der Waals surface area contributed by atoms with Gasteiger partial charge in [-0.3, -0.25) is 18.6 Å². The average molecular weight is 1120 g/mol. The first-order valence-electron chi connectivity index (χ1n) is 33.5. The summed E-state index contributed by atoms with van der Waals surface area (Å²) in [7, 11) is 1.51. The molecule has 0 saturated heterocycles. The van der Waals surface area contributed by atoms with Crippen LogP contribution in [0.15, 0.2) is 48.6 Å². The second kappa shape index (κ2) is 58.2. The fourth-order valence-corrected chi connectivity index (χ4v) is 10.6. The number of likely N-dealkylation sites (N-methyl/N-ethyl adjacent to an activating group) is 1. The van der Waals surface area contributed by atoms with Crippen LogP contribution in [0.5, 0.6) is 0 Å². The molecule has 1 amide bonds.